The molecule has 1 aromatic carbocycles. The van der Waals surface area contributed by atoms with Crippen molar-refractivity contribution in [3.05, 3.63) is 53.9 Å². The Morgan fingerprint density at radius 2 is 2.00 bits per heavy atom. The third kappa shape index (κ3) is 3.32. The van der Waals surface area contributed by atoms with Crippen molar-refractivity contribution in [1.29, 1.82) is 0 Å². The lowest BCUT2D eigenvalue weighted by Gasteiger charge is -2.08. The fourth-order valence-corrected chi connectivity index (χ4v) is 1.93. The van der Waals surface area contributed by atoms with E-state index in [2.05, 4.69) is 22.4 Å². The minimum Gasteiger partial charge on any atom is -0.455 e. The van der Waals surface area contributed by atoms with Gasteiger partial charge in [-0.3, -0.25) is 4.98 Å². The van der Waals surface area contributed by atoms with Gasteiger partial charge < -0.3 is 10.1 Å². The molecule has 1 aliphatic rings. The van der Waals surface area contributed by atoms with Crippen molar-refractivity contribution in [2.24, 2.45) is 0 Å². The highest BCUT2D eigenvalue weighted by molar-refractivity contribution is 5.34. The number of benzene rings is 1. The summed E-state index contributed by atoms with van der Waals surface area (Å²) in [7, 11) is 0. The molecule has 2 aromatic rings. The predicted octanol–water partition coefficient (Wildman–Crippen LogP) is 3.43. The van der Waals surface area contributed by atoms with Gasteiger partial charge in [-0.05, 0) is 49.6 Å². The zero-order valence-corrected chi connectivity index (χ0v) is 11.1. The zero-order chi connectivity index (χ0) is 13.1. The standard InChI is InChI=1S/C16H18N2O/c1-12-16(3-2-10-17-12)19-15-8-4-13(5-9-15)11-18-14-6-7-14/h2-5,8-10,14,18H,6-7,11H2,1H3. The van der Waals surface area contributed by atoms with Crippen molar-refractivity contribution in [3.8, 4) is 11.5 Å². The molecule has 1 fully saturated rings. The van der Waals surface area contributed by atoms with Gasteiger partial charge in [-0.1, -0.05) is 12.1 Å². The largest absolute Gasteiger partial charge is 0.455 e. The molecular weight excluding hydrogens is 236 g/mol. The summed E-state index contributed by atoms with van der Waals surface area (Å²) in [5.74, 6) is 1.66. The lowest BCUT2D eigenvalue weighted by molar-refractivity contribution is 0.475. The van der Waals surface area contributed by atoms with E-state index in [1.807, 2.05) is 31.2 Å². The molecule has 0 bridgehead atoms. The molecule has 0 aliphatic heterocycles. The average molecular weight is 254 g/mol. The number of ether oxygens (including phenoxy) is 1. The molecule has 0 saturated heterocycles. The number of pyridine rings is 1. The first-order valence-corrected chi connectivity index (χ1v) is 6.73. The molecule has 0 unspecified atom stereocenters. The van der Waals surface area contributed by atoms with Gasteiger partial charge in [0.1, 0.15) is 11.5 Å². The predicted molar refractivity (Wildman–Crippen MR) is 75.4 cm³/mol. The Morgan fingerprint density at radius 3 is 2.68 bits per heavy atom. The Morgan fingerprint density at radius 1 is 1.21 bits per heavy atom. The summed E-state index contributed by atoms with van der Waals surface area (Å²) in [5.41, 5.74) is 2.20. The van der Waals surface area contributed by atoms with Gasteiger partial charge in [0.05, 0.1) is 5.69 Å². The van der Waals surface area contributed by atoms with Crippen LogP contribution in [0.15, 0.2) is 42.6 Å². The maximum absolute atomic E-state index is 5.82. The van der Waals surface area contributed by atoms with Crippen LogP contribution in [-0.2, 0) is 6.54 Å². The van der Waals surface area contributed by atoms with Crippen molar-refractivity contribution in [2.75, 3.05) is 0 Å². The van der Waals surface area contributed by atoms with Crippen molar-refractivity contribution in [1.82, 2.24) is 10.3 Å². The van der Waals surface area contributed by atoms with Crippen molar-refractivity contribution in [2.45, 2.75) is 32.4 Å². The monoisotopic (exact) mass is 254 g/mol. The van der Waals surface area contributed by atoms with Crippen LogP contribution < -0.4 is 10.1 Å². The summed E-state index contributed by atoms with van der Waals surface area (Å²) in [6, 6.07) is 12.8. The Balaban J connectivity index is 1.63. The van der Waals surface area contributed by atoms with Crippen molar-refractivity contribution >= 4 is 0 Å². The molecule has 19 heavy (non-hydrogen) atoms. The maximum Gasteiger partial charge on any atom is 0.148 e. The normalized spacial score (nSPS) is 14.4. The van der Waals surface area contributed by atoms with Crippen LogP contribution >= 0.6 is 0 Å². The number of hydrogen-bond acceptors (Lipinski definition) is 3. The molecule has 1 aromatic heterocycles. The molecule has 0 atom stereocenters. The van der Waals surface area contributed by atoms with Gasteiger partial charge in [-0.25, -0.2) is 0 Å². The molecule has 1 heterocycles. The molecule has 0 amide bonds. The van der Waals surface area contributed by atoms with Crippen LogP contribution in [0, 0.1) is 6.92 Å². The first-order chi connectivity index (χ1) is 9.31. The quantitative estimate of drug-likeness (QED) is 0.887. The van der Waals surface area contributed by atoms with Crippen LogP contribution in [0.2, 0.25) is 0 Å². The molecule has 1 saturated carbocycles. The number of nitrogens with zero attached hydrogens (tertiary/aromatic N) is 1. The molecule has 3 heteroatoms. The number of rotatable bonds is 5. The SMILES string of the molecule is Cc1ncccc1Oc1ccc(CNC2CC2)cc1. The Hall–Kier alpha value is -1.87. The summed E-state index contributed by atoms with van der Waals surface area (Å²) >= 11 is 0. The molecular formula is C16H18N2O. The van der Waals surface area contributed by atoms with Gasteiger partial charge in [0.2, 0.25) is 0 Å². The molecule has 3 nitrogen and oxygen atoms in total. The summed E-state index contributed by atoms with van der Waals surface area (Å²) in [6.07, 6.45) is 4.41. The van der Waals surface area contributed by atoms with E-state index in [1.54, 1.807) is 6.20 Å². The summed E-state index contributed by atoms with van der Waals surface area (Å²) in [4.78, 5) is 4.21. The van der Waals surface area contributed by atoms with Gasteiger partial charge >= 0.3 is 0 Å². The minimum atomic E-state index is 0.744. The van der Waals surface area contributed by atoms with Gasteiger partial charge in [-0.2, -0.15) is 0 Å². The topological polar surface area (TPSA) is 34.1 Å². The van der Waals surface area contributed by atoms with E-state index in [-0.39, 0.29) is 0 Å². The number of nitrogens with one attached hydrogen (secondary N) is 1. The Kier molecular flexibility index (Phi) is 3.47. The second-order valence-electron chi connectivity index (χ2n) is 4.99. The fourth-order valence-electron chi connectivity index (χ4n) is 1.93. The lowest BCUT2D eigenvalue weighted by atomic mass is 10.2. The van der Waals surface area contributed by atoms with E-state index in [0.717, 1.165) is 29.8 Å². The first-order valence-electron chi connectivity index (χ1n) is 6.73. The van der Waals surface area contributed by atoms with Crippen LogP contribution in [0.1, 0.15) is 24.1 Å². The van der Waals surface area contributed by atoms with Gasteiger partial charge in [0, 0.05) is 18.8 Å². The Labute approximate surface area is 113 Å². The van der Waals surface area contributed by atoms with Gasteiger partial charge in [0.25, 0.3) is 0 Å². The fraction of sp³-hybridized carbons (Fsp3) is 0.312. The third-order valence-corrected chi connectivity index (χ3v) is 3.28. The van der Waals surface area contributed by atoms with Crippen LogP contribution in [0.5, 0.6) is 11.5 Å². The second-order valence-corrected chi connectivity index (χ2v) is 4.99. The van der Waals surface area contributed by atoms with Crippen LogP contribution in [0.4, 0.5) is 0 Å². The second kappa shape index (κ2) is 5.41. The van der Waals surface area contributed by atoms with Gasteiger partial charge in [-0.15, -0.1) is 0 Å². The van der Waals surface area contributed by atoms with E-state index >= 15 is 0 Å². The molecule has 1 aliphatic carbocycles. The molecule has 0 spiro atoms. The highest BCUT2D eigenvalue weighted by Gasteiger charge is 2.19. The molecule has 0 radical (unpaired) electrons. The summed E-state index contributed by atoms with van der Waals surface area (Å²) in [5, 5.41) is 3.50. The first kappa shape index (κ1) is 12.2. The average Bonchev–Trinajstić information content (AvgIpc) is 3.25. The molecule has 3 rings (SSSR count). The summed E-state index contributed by atoms with van der Waals surface area (Å²) < 4.78 is 5.82. The third-order valence-electron chi connectivity index (χ3n) is 3.28. The Bertz CT molecular complexity index is 547. The van der Waals surface area contributed by atoms with E-state index in [1.165, 1.54) is 18.4 Å². The van der Waals surface area contributed by atoms with E-state index in [9.17, 15) is 0 Å². The number of aromatic nitrogens is 1. The number of aryl methyl sites for hydroxylation is 1. The summed E-state index contributed by atoms with van der Waals surface area (Å²) in [6.45, 7) is 2.89. The smallest absolute Gasteiger partial charge is 0.148 e. The highest BCUT2D eigenvalue weighted by Crippen LogP contribution is 2.24. The van der Waals surface area contributed by atoms with Crippen LogP contribution in [0.25, 0.3) is 0 Å². The van der Waals surface area contributed by atoms with E-state index < -0.39 is 0 Å². The van der Waals surface area contributed by atoms with Gasteiger partial charge in [0.15, 0.2) is 0 Å². The lowest BCUT2D eigenvalue weighted by Crippen LogP contribution is -2.14. The van der Waals surface area contributed by atoms with Crippen molar-refractivity contribution in [3.63, 3.8) is 0 Å². The minimum absolute atomic E-state index is 0.744. The zero-order valence-electron chi connectivity index (χ0n) is 11.1. The maximum atomic E-state index is 5.82. The number of hydrogen-bond donors (Lipinski definition) is 1. The van der Waals surface area contributed by atoms with Crippen LogP contribution in [0.3, 0.4) is 0 Å². The van der Waals surface area contributed by atoms with E-state index in [0.29, 0.717) is 0 Å². The van der Waals surface area contributed by atoms with E-state index in [4.69, 9.17) is 4.74 Å². The highest BCUT2D eigenvalue weighted by atomic mass is 16.5. The molecule has 1 N–H and O–H groups in total. The molecule has 98 valence electrons. The van der Waals surface area contributed by atoms with Crippen LogP contribution in [-0.4, -0.2) is 11.0 Å². The van der Waals surface area contributed by atoms with Crippen molar-refractivity contribution < 1.29 is 4.74 Å².